The van der Waals surface area contributed by atoms with Crippen molar-refractivity contribution in [1.29, 1.82) is 0 Å². The number of amides is 3. The highest BCUT2D eigenvalue weighted by atomic mass is 35.5. The fraction of sp³-hybridized carbons (Fsp3) is 0.385. The molecule has 0 N–H and O–H groups in total. The summed E-state index contributed by atoms with van der Waals surface area (Å²) in [4.78, 5) is 27.2. The van der Waals surface area contributed by atoms with E-state index < -0.39 is 5.41 Å². The lowest BCUT2D eigenvalue weighted by molar-refractivity contribution is -0.127. The summed E-state index contributed by atoms with van der Waals surface area (Å²) in [6.45, 7) is 4.09. The van der Waals surface area contributed by atoms with Crippen molar-refractivity contribution in [3.05, 3.63) is 29.3 Å². The Kier molecular flexibility index (Phi) is 3.07. The van der Waals surface area contributed by atoms with Crippen molar-refractivity contribution >= 4 is 29.2 Å². The van der Waals surface area contributed by atoms with Crippen LogP contribution in [-0.4, -0.2) is 30.4 Å². The van der Waals surface area contributed by atoms with E-state index in [1.807, 2.05) is 13.8 Å². The number of carbonyl (C=O) groups excluding carboxylic acids is 2. The minimum atomic E-state index is -0.581. The number of rotatable bonds is 1. The van der Waals surface area contributed by atoms with Crippen LogP contribution in [0, 0.1) is 5.41 Å². The molecule has 1 fully saturated rings. The Morgan fingerprint density at radius 2 is 1.72 bits per heavy atom. The van der Waals surface area contributed by atoms with E-state index in [1.165, 1.54) is 4.90 Å². The summed E-state index contributed by atoms with van der Waals surface area (Å²) in [5.74, 6) is -0.187. The van der Waals surface area contributed by atoms with Gasteiger partial charge in [0.25, 0.3) is 0 Å². The lowest BCUT2D eigenvalue weighted by Gasteiger charge is -2.40. The number of carbonyl (C=O) groups is 2. The third-order valence-corrected chi connectivity index (χ3v) is 3.27. The summed E-state index contributed by atoms with van der Waals surface area (Å²) in [6, 6.07) is 6.38. The highest BCUT2D eigenvalue weighted by Crippen LogP contribution is 2.30. The molecule has 1 heterocycles. The number of imide groups is 1. The normalized spacial score (nSPS) is 19.3. The van der Waals surface area contributed by atoms with Gasteiger partial charge in [0, 0.05) is 18.6 Å². The lowest BCUT2D eigenvalue weighted by atomic mass is 9.89. The van der Waals surface area contributed by atoms with Crippen molar-refractivity contribution in [3.63, 3.8) is 0 Å². The van der Waals surface area contributed by atoms with Crippen LogP contribution in [0.5, 0.6) is 0 Å². The van der Waals surface area contributed by atoms with Gasteiger partial charge >= 0.3 is 6.03 Å². The highest BCUT2D eigenvalue weighted by molar-refractivity contribution is 6.30. The molecule has 2 rings (SSSR count). The van der Waals surface area contributed by atoms with Crippen LogP contribution in [0.3, 0.4) is 0 Å². The first-order chi connectivity index (χ1) is 8.33. The van der Waals surface area contributed by atoms with Gasteiger partial charge in [-0.15, -0.1) is 0 Å². The van der Waals surface area contributed by atoms with E-state index in [2.05, 4.69) is 0 Å². The minimum Gasteiger partial charge on any atom is -0.326 e. The van der Waals surface area contributed by atoms with Crippen LogP contribution < -0.4 is 4.90 Å². The predicted molar refractivity (Wildman–Crippen MR) is 70.7 cm³/mol. The molecular weight excluding hydrogens is 252 g/mol. The van der Waals surface area contributed by atoms with Gasteiger partial charge in [-0.2, -0.15) is 0 Å². The predicted octanol–water partition coefficient (Wildman–Crippen LogP) is 2.76. The second kappa shape index (κ2) is 4.28. The van der Waals surface area contributed by atoms with E-state index >= 15 is 0 Å². The molecule has 0 saturated carbocycles. The molecule has 18 heavy (non-hydrogen) atoms. The zero-order chi connectivity index (χ0) is 13.5. The smallest absolute Gasteiger partial charge is 0.326 e. The molecule has 0 atom stereocenters. The van der Waals surface area contributed by atoms with Crippen molar-refractivity contribution in [2.45, 2.75) is 13.8 Å². The first-order valence-corrected chi connectivity index (χ1v) is 6.06. The summed E-state index contributed by atoms with van der Waals surface area (Å²) in [5.41, 5.74) is -0.0310. The summed E-state index contributed by atoms with van der Waals surface area (Å²) in [5, 5.41) is 0.572. The van der Waals surface area contributed by atoms with Crippen LogP contribution in [-0.2, 0) is 4.79 Å². The summed E-state index contributed by atoms with van der Waals surface area (Å²) in [7, 11) is 1.69. The standard InChI is InChI=1S/C13H15ClN2O2/c1-13(2)8-15(3)12(18)16(11(13)17)10-6-4-9(14)5-7-10/h4-7H,8H2,1-3H3. The zero-order valence-electron chi connectivity index (χ0n) is 10.6. The monoisotopic (exact) mass is 266 g/mol. The molecule has 1 saturated heterocycles. The van der Waals surface area contributed by atoms with Gasteiger partial charge in [0.15, 0.2) is 0 Å². The van der Waals surface area contributed by atoms with Gasteiger partial charge in [-0.1, -0.05) is 11.6 Å². The van der Waals surface area contributed by atoms with Crippen LogP contribution in [0.15, 0.2) is 24.3 Å². The van der Waals surface area contributed by atoms with Crippen molar-refractivity contribution in [2.75, 3.05) is 18.5 Å². The molecule has 1 aliphatic rings. The van der Waals surface area contributed by atoms with E-state index in [0.717, 1.165) is 0 Å². The average Bonchev–Trinajstić information content (AvgIpc) is 2.29. The Labute approximate surface area is 111 Å². The maximum absolute atomic E-state index is 12.3. The molecule has 1 aromatic carbocycles. The maximum Gasteiger partial charge on any atom is 0.331 e. The molecule has 0 aromatic heterocycles. The molecule has 0 radical (unpaired) electrons. The van der Waals surface area contributed by atoms with E-state index in [4.69, 9.17) is 11.6 Å². The molecule has 4 nitrogen and oxygen atoms in total. The second-order valence-electron chi connectivity index (χ2n) is 5.14. The average molecular weight is 267 g/mol. The number of hydrogen-bond donors (Lipinski definition) is 0. The van der Waals surface area contributed by atoms with Crippen LogP contribution in [0.4, 0.5) is 10.5 Å². The first kappa shape index (κ1) is 12.9. The van der Waals surface area contributed by atoms with E-state index in [9.17, 15) is 9.59 Å². The molecule has 96 valence electrons. The number of hydrogen-bond acceptors (Lipinski definition) is 2. The quantitative estimate of drug-likeness (QED) is 0.784. The summed E-state index contributed by atoms with van der Waals surface area (Å²) >= 11 is 5.81. The van der Waals surface area contributed by atoms with E-state index in [0.29, 0.717) is 17.3 Å². The Balaban J connectivity index is 2.43. The number of halogens is 1. The first-order valence-electron chi connectivity index (χ1n) is 5.68. The van der Waals surface area contributed by atoms with Gasteiger partial charge in [-0.25, -0.2) is 9.69 Å². The molecule has 5 heteroatoms. The third kappa shape index (κ3) is 2.08. The fourth-order valence-corrected chi connectivity index (χ4v) is 2.23. The number of nitrogens with zero attached hydrogens (tertiary/aromatic N) is 2. The maximum atomic E-state index is 12.3. The number of anilines is 1. The zero-order valence-corrected chi connectivity index (χ0v) is 11.4. The highest BCUT2D eigenvalue weighted by Gasteiger charge is 2.43. The molecule has 0 spiro atoms. The molecule has 0 unspecified atom stereocenters. The Bertz CT molecular complexity index is 496. The molecule has 3 amide bonds. The molecular formula is C13H15ClN2O2. The van der Waals surface area contributed by atoms with Crippen molar-refractivity contribution in [1.82, 2.24) is 4.90 Å². The Morgan fingerprint density at radius 3 is 2.28 bits per heavy atom. The van der Waals surface area contributed by atoms with Crippen LogP contribution in [0.25, 0.3) is 0 Å². The largest absolute Gasteiger partial charge is 0.331 e. The van der Waals surface area contributed by atoms with Crippen LogP contribution in [0.1, 0.15) is 13.8 Å². The SMILES string of the molecule is CN1CC(C)(C)C(=O)N(c2ccc(Cl)cc2)C1=O. The second-order valence-corrected chi connectivity index (χ2v) is 5.58. The van der Waals surface area contributed by atoms with E-state index in [-0.39, 0.29) is 11.9 Å². The van der Waals surface area contributed by atoms with Crippen LogP contribution in [0.2, 0.25) is 5.02 Å². The van der Waals surface area contributed by atoms with Gasteiger partial charge < -0.3 is 4.90 Å². The van der Waals surface area contributed by atoms with Crippen molar-refractivity contribution in [3.8, 4) is 0 Å². The number of urea groups is 1. The molecule has 0 aliphatic carbocycles. The van der Waals surface area contributed by atoms with Gasteiger partial charge in [0.05, 0.1) is 11.1 Å². The summed E-state index contributed by atoms with van der Waals surface area (Å²) < 4.78 is 0. The molecule has 1 aromatic rings. The summed E-state index contributed by atoms with van der Waals surface area (Å²) in [6.07, 6.45) is 0. The Morgan fingerprint density at radius 1 is 1.17 bits per heavy atom. The Hall–Kier alpha value is -1.55. The van der Waals surface area contributed by atoms with Gasteiger partial charge in [-0.05, 0) is 38.1 Å². The molecule has 0 bridgehead atoms. The van der Waals surface area contributed by atoms with Gasteiger partial charge in [-0.3, -0.25) is 4.79 Å². The lowest BCUT2D eigenvalue weighted by Crippen LogP contribution is -2.59. The number of benzene rings is 1. The van der Waals surface area contributed by atoms with Crippen molar-refractivity contribution in [2.24, 2.45) is 5.41 Å². The minimum absolute atomic E-state index is 0.187. The molecule has 1 aliphatic heterocycles. The van der Waals surface area contributed by atoms with Crippen LogP contribution >= 0.6 is 11.6 Å². The van der Waals surface area contributed by atoms with Gasteiger partial charge in [0.2, 0.25) is 5.91 Å². The topological polar surface area (TPSA) is 40.6 Å². The fourth-order valence-electron chi connectivity index (χ4n) is 2.11. The third-order valence-electron chi connectivity index (χ3n) is 3.02. The van der Waals surface area contributed by atoms with Crippen molar-refractivity contribution < 1.29 is 9.59 Å². The van der Waals surface area contributed by atoms with E-state index in [1.54, 1.807) is 36.2 Å². The van der Waals surface area contributed by atoms with Gasteiger partial charge in [0.1, 0.15) is 0 Å².